The molecule has 8 nitrogen and oxygen atoms in total. The third-order valence-corrected chi connectivity index (χ3v) is 6.50. The first-order valence-corrected chi connectivity index (χ1v) is 10.7. The summed E-state index contributed by atoms with van der Waals surface area (Å²) in [4.78, 5) is 27.6. The highest BCUT2D eigenvalue weighted by Gasteiger charge is 2.30. The average Bonchev–Trinajstić information content (AvgIpc) is 2.68. The Morgan fingerprint density at radius 2 is 1.68 bits per heavy atom. The van der Waals surface area contributed by atoms with Crippen molar-refractivity contribution in [3.63, 3.8) is 0 Å². The van der Waals surface area contributed by atoms with Crippen molar-refractivity contribution in [1.29, 1.82) is 0 Å². The van der Waals surface area contributed by atoms with Gasteiger partial charge in [0, 0.05) is 32.7 Å². The lowest BCUT2D eigenvalue weighted by Gasteiger charge is -2.35. The topological polar surface area (TPSA) is 90.0 Å². The number of carbonyl (C=O) groups excluding carboxylic acids is 2. The standard InChI is InChI=1S/C18H27FN4O4S/c1-3-20-17(24)13-21(4-2)14-18(25)22-9-11-23(12-10-22)28(26,27)16-7-5-15(19)6-8-16/h5-8H,3-4,9-14H2,1-2H3,(H,20,24). The molecule has 1 heterocycles. The van der Waals surface area contributed by atoms with Crippen molar-refractivity contribution in [2.45, 2.75) is 18.7 Å². The van der Waals surface area contributed by atoms with Gasteiger partial charge in [0.05, 0.1) is 18.0 Å². The maximum Gasteiger partial charge on any atom is 0.243 e. The number of nitrogens with one attached hydrogen (secondary N) is 1. The lowest BCUT2D eigenvalue weighted by molar-refractivity contribution is -0.134. The summed E-state index contributed by atoms with van der Waals surface area (Å²) in [6.07, 6.45) is 0. The molecule has 2 amide bonds. The summed E-state index contributed by atoms with van der Waals surface area (Å²) in [6.45, 7) is 5.96. The van der Waals surface area contributed by atoms with Gasteiger partial charge >= 0.3 is 0 Å². The fourth-order valence-corrected chi connectivity index (χ4v) is 4.38. The molecule has 2 rings (SSSR count). The van der Waals surface area contributed by atoms with Gasteiger partial charge in [-0.05, 0) is 37.7 Å². The van der Waals surface area contributed by atoms with Crippen molar-refractivity contribution < 1.29 is 22.4 Å². The van der Waals surface area contributed by atoms with E-state index in [4.69, 9.17) is 0 Å². The molecular weight excluding hydrogens is 387 g/mol. The number of sulfonamides is 1. The van der Waals surface area contributed by atoms with Gasteiger partial charge in [-0.1, -0.05) is 6.92 Å². The molecule has 1 N–H and O–H groups in total. The van der Waals surface area contributed by atoms with Crippen LogP contribution >= 0.6 is 0 Å². The summed E-state index contributed by atoms with van der Waals surface area (Å²) < 4.78 is 39.6. The van der Waals surface area contributed by atoms with Crippen LogP contribution in [0.15, 0.2) is 29.2 Å². The van der Waals surface area contributed by atoms with Crippen LogP contribution in [0.25, 0.3) is 0 Å². The van der Waals surface area contributed by atoms with Gasteiger partial charge in [-0.25, -0.2) is 12.8 Å². The molecule has 10 heteroatoms. The summed E-state index contributed by atoms with van der Waals surface area (Å²) in [5, 5.41) is 2.70. The Hall–Kier alpha value is -2.04. The molecule has 0 spiro atoms. The largest absolute Gasteiger partial charge is 0.355 e. The van der Waals surface area contributed by atoms with Crippen LogP contribution in [0.4, 0.5) is 4.39 Å². The summed E-state index contributed by atoms with van der Waals surface area (Å²) in [5.74, 6) is -0.764. The number of piperazine rings is 1. The summed E-state index contributed by atoms with van der Waals surface area (Å²) >= 11 is 0. The molecular formula is C18H27FN4O4S. The molecule has 1 saturated heterocycles. The summed E-state index contributed by atoms with van der Waals surface area (Å²) in [7, 11) is -3.71. The molecule has 1 fully saturated rings. The second-order valence-corrected chi connectivity index (χ2v) is 8.43. The first-order chi connectivity index (χ1) is 13.3. The minimum Gasteiger partial charge on any atom is -0.355 e. The predicted molar refractivity (Wildman–Crippen MR) is 103 cm³/mol. The Morgan fingerprint density at radius 1 is 1.07 bits per heavy atom. The molecule has 0 aliphatic carbocycles. The third-order valence-electron chi connectivity index (χ3n) is 4.59. The maximum atomic E-state index is 13.0. The monoisotopic (exact) mass is 414 g/mol. The van der Waals surface area contributed by atoms with Crippen molar-refractivity contribution in [2.24, 2.45) is 0 Å². The number of nitrogens with zero attached hydrogens (tertiary/aromatic N) is 3. The van der Waals surface area contributed by atoms with Crippen molar-refractivity contribution >= 4 is 21.8 Å². The van der Waals surface area contributed by atoms with Crippen molar-refractivity contribution in [2.75, 3.05) is 52.4 Å². The molecule has 0 atom stereocenters. The molecule has 0 radical (unpaired) electrons. The van der Waals surface area contributed by atoms with E-state index in [0.29, 0.717) is 13.1 Å². The molecule has 1 aromatic rings. The van der Waals surface area contributed by atoms with Crippen LogP contribution in [0.1, 0.15) is 13.8 Å². The van der Waals surface area contributed by atoms with E-state index in [-0.39, 0.29) is 56.0 Å². The Labute approximate surface area is 165 Å². The SMILES string of the molecule is CCNC(=O)CN(CC)CC(=O)N1CCN(S(=O)(=O)c2ccc(F)cc2)CC1. The van der Waals surface area contributed by atoms with Gasteiger partial charge in [-0.15, -0.1) is 0 Å². The van der Waals surface area contributed by atoms with Crippen molar-refractivity contribution in [3.05, 3.63) is 30.1 Å². The molecule has 1 aliphatic heterocycles. The lowest BCUT2D eigenvalue weighted by Crippen LogP contribution is -2.53. The highest BCUT2D eigenvalue weighted by atomic mass is 32.2. The lowest BCUT2D eigenvalue weighted by atomic mass is 10.3. The van der Waals surface area contributed by atoms with Crippen molar-refractivity contribution in [3.8, 4) is 0 Å². The number of amides is 2. The van der Waals surface area contributed by atoms with Crippen LogP contribution in [0, 0.1) is 5.82 Å². The highest BCUT2D eigenvalue weighted by Crippen LogP contribution is 2.18. The normalized spacial score (nSPS) is 15.6. The van der Waals surface area contributed by atoms with Crippen LogP contribution in [-0.2, 0) is 19.6 Å². The zero-order valence-corrected chi connectivity index (χ0v) is 17.0. The number of hydrogen-bond donors (Lipinski definition) is 1. The molecule has 0 bridgehead atoms. The van der Waals surface area contributed by atoms with Gasteiger partial charge in [0.1, 0.15) is 5.82 Å². The second-order valence-electron chi connectivity index (χ2n) is 6.50. The number of halogens is 1. The summed E-state index contributed by atoms with van der Waals surface area (Å²) in [5.41, 5.74) is 0. The van der Waals surface area contributed by atoms with Crippen LogP contribution in [-0.4, -0.2) is 86.7 Å². The fraction of sp³-hybridized carbons (Fsp3) is 0.556. The highest BCUT2D eigenvalue weighted by molar-refractivity contribution is 7.89. The third kappa shape index (κ3) is 5.73. The van der Waals surface area contributed by atoms with Crippen molar-refractivity contribution in [1.82, 2.24) is 19.4 Å². The minimum atomic E-state index is -3.71. The average molecular weight is 415 g/mol. The molecule has 1 aromatic carbocycles. The number of carbonyl (C=O) groups is 2. The van der Waals surface area contributed by atoms with E-state index in [1.54, 1.807) is 9.80 Å². The predicted octanol–water partition coefficient (Wildman–Crippen LogP) is 0.117. The van der Waals surface area contributed by atoms with E-state index in [1.807, 2.05) is 13.8 Å². The molecule has 0 saturated carbocycles. The van der Waals surface area contributed by atoms with E-state index in [0.717, 1.165) is 12.1 Å². The zero-order valence-electron chi connectivity index (χ0n) is 16.2. The van der Waals surface area contributed by atoms with E-state index in [2.05, 4.69) is 5.32 Å². The number of rotatable bonds is 8. The number of hydrogen-bond acceptors (Lipinski definition) is 5. The molecule has 1 aliphatic rings. The van der Waals surface area contributed by atoms with Gasteiger partial charge in [0.25, 0.3) is 0 Å². The first kappa shape index (κ1) is 22.3. The van der Waals surface area contributed by atoms with Crippen LogP contribution in [0.2, 0.25) is 0 Å². The summed E-state index contributed by atoms with van der Waals surface area (Å²) in [6, 6.07) is 4.70. The Bertz CT molecular complexity index is 777. The smallest absolute Gasteiger partial charge is 0.243 e. The van der Waals surface area contributed by atoms with E-state index in [1.165, 1.54) is 16.4 Å². The Kier molecular flexibility index (Phi) is 7.90. The van der Waals surface area contributed by atoms with E-state index in [9.17, 15) is 22.4 Å². The Morgan fingerprint density at radius 3 is 2.21 bits per heavy atom. The van der Waals surface area contributed by atoms with E-state index < -0.39 is 15.8 Å². The van der Waals surface area contributed by atoms with Crippen LogP contribution in [0.5, 0.6) is 0 Å². The first-order valence-electron chi connectivity index (χ1n) is 9.30. The minimum absolute atomic E-state index is 0.0350. The van der Waals surface area contributed by atoms with Gasteiger partial charge < -0.3 is 10.2 Å². The Balaban J connectivity index is 1.91. The molecule has 0 unspecified atom stereocenters. The van der Waals surface area contributed by atoms with Gasteiger partial charge in [-0.3, -0.25) is 14.5 Å². The number of benzene rings is 1. The van der Waals surface area contributed by atoms with Gasteiger partial charge in [0.15, 0.2) is 0 Å². The van der Waals surface area contributed by atoms with Gasteiger partial charge in [-0.2, -0.15) is 4.31 Å². The van der Waals surface area contributed by atoms with Crippen LogP contribution in [0.3, 0.4) is 0 Å². The molecule has 0 aromatic heterocycles. The molecule has 28 heavy (non-hydrogen) atoms. The molecule has 156 valence electrons. The zero-order chi connectivity index (χ0) is 20.7. The second kappa shape index (κ2) is 9.94. The maximum absolute atomic E-state index is 13.0. The van der Waals surface area contributed by atoms with Gasteiger partial charge in [0.2, 0.25) is 21.8 Å². The number of likely N-dealkylation sites (N-methyl/N-ethyl adjacent to an activating group) is 2. The fourth-order valence-electron chi connectivity index (χ4n) is 2.96. The van der Waals surface area contributed by atoms with E-state index >= 15 is 0 Å². The van der Waals surface area contributed by atoms with Crippen LogP contribution < -0.4 is 5.32 Å². The quantitative estimate of drug-likeness (QED) is 0.653.